The SMILES string of the molecule is COP(=O)(OC)C(CC(=O)c1ccccc1)C(F)(F)F. The lowest BCUT2D eigenvalue weighted by atomic mass is 10.1. The second-order valence-electron chi connectivity index (χ2n) is 3.96. The first kappa shape index (κ1) is 16.9. The minimum absolute atomic E-state index is 0.112. The first-order valence-corrected chi connectivity index (χ1v) is 7.22. The molecule has 1 rings (SSSR count). The van der Waals surface area contributed by atoms with Gasteiger partial charge in [-0.1, -0.05) is 30.3 Å². The number of benzene rings is 1. The van der Waals surface area contributed by atoms with Crippen LogP contribution in [0.5, 0.6) is 0 Å². The highest BCUT2D eigenvalue weighted by atomic mass is 31.2. The Morgan fingerprint density at radius 2 is 1.70 bits per heavy atom. The van der Waals surface area contributed by atoms with Gasteiger partial charge < -0.3 is 9.05 Å². The summed E-state index contributed by atoms with van der Waals surface area (Å²) in [5.74, 6) is -0.776. The maximum absolute atomic E-state index is 13.0. The van der Waals surface area contributed by atoms with Crippen molar-refractivity contribution in [3.05, 3.63) is 35.9 Å². The number of Topliss-reactive ketones (excluding diaryl/α,β-unsaturated/α-hetero) is 1. The first-order chi connectivity index (χ1) is 9.24. The van der Waals surface area contributed by atoms with Crippen molar-refractivity contribution in [1.29, 1.82) is 0 Å². The van der Waals surface area contributed by atoms with Crippen molar-refractivity contribution in [2.24, 2.45) is 0 Å². The average molecular weight is 310 g/mol. The molecule has 0 aromatic heterocycles. The number of hydrogen-bond acceptors (Lipinski definition) is 4. The van der Waals surface area contributed by atoms with Gasteiger partial charge in [-0.25, -0.2) is 0 Å². The van der Waals surface area contributed by atoms with E-state index in [2.05, 4.69) is 9.05 Å². The molecule has 1 aromatic carbocycles. The van der Waals surface area contributed by atoms with E-state index >= 15 is 0 Å². The molecule has 0 saturated carbocycles. The summed E-state index contributed by atoms with van der Waals surface area (Å²) >= 11 is 0. The van der Waals surface area contributed by atoms with E-state index in [-0.39, 0.29) is 5.56 Å². The van der Waals surface area contributed by atoms with Gasteiger partial charge in [0.25, 0.3) is 0 Å². The molecule has 0 heterocycles. The van der Waals surface area contributed by atoms with Gasteiger partial charge in [0, 0.05) is 26.2 Å². The summed E-state index contributed by atoms with van der Waals surface area (Å²) in [5, 5.41) is 0. The van der Waals surface area contributed by atoms with Gasteiger partial charge in [-0.05, 0) is 0 Å². The highest BCUT2D eigenvalue weighted by Gasteiger charge is 2.53. The molecule has 0 radical (unpaired) electrons. The Balaban J connectivity index is 3.04. The molecule has 112 valence electrons. The lowest BCUT2D eigenvalue weighted by Gasteiger charge is -2.25. The molecule has 20 heavy (non-hydrogen) atoms. The second-order valence-corrected chi connectivity index (χ2v) is 6.39. The Bertz CT molecular complexity index is 493. The number of hydrogen-bond donors (Lipinski definition) is 0. The van der Waals surface area contributed by atoms with Gasteiger partial charge in [-0.2, -0.15) is 13.2 Å². The normalized spacial score (nSPS) is 14.1. The van der Waals surface area contributed by atoms with Crippen LogP contribution in [-0.4, -0.2) is 31.8 Å². The van der Waals surface area contributed by atoms with Crippen molar-refractivity contribution in [1.82, 2.24) is 0 Å². The Kier molecular flexibility index (Phi) is 5.50. The summed E-state index contributed by atoms with van der Waals surface area (Å²) in [6.45, 7) is 0. The van der Waals surface area contributed by atoms with Crippen LogP contribution in [0.25, 0.3) is 0 Å². The van der Waals surface area contributed by atoms with Gasteiger partial charge in [0.2, 0.25) is 0 Å². The predicted molar refractivity (Wildman–Crippen MR) is 66.9 cm³/mol. The van der Waals surface area contributed by atoms with Crippen molar-refractivity contribution in [3.63, 3.8) is 0 Å². The third-order valence-electron chi connectivity index (χ3n) is 2.74. The van der Waals surface area contributed by atoms with Gasteiger partial charge in [0.1, 0.15) is 0 Å². The van der Waals surface area contributed by atoms with Gasteiger partial charge in [-0.15, -0.1) is 0 Å². The van der Waals surface area contributed by atoms with E-state index in [1.807, 2.05) is 0 Å². The highest BCUT2D eigenvalue weighted by Crippen LogP contribution is 2.58. The molecule has 0 spiro atoms. The molecule has 1 aromatic rings. The highest BCUT2D eigenvalue weighted by molar-refractivity contribution is 7.54. The van der Waals surface area contributed by atoms with Crippen LogP contribution >= 0.6 is 7.60 Å². The van der Waals surface area contributed by atoms with E-state index in [1.54, 1.807) is 6.07 Å². The largest absolute Gasteiger partial charge is 0.403 e. The Hall–Kier alpha value is -1.17. The average Bonchev–Trinajstić information content (AvgIpc) is 2.43. The van der Waals surface area contributed by atoms with E-state index in [0.717, 1.165) is 14.2 Å². The third-order valence-corrected chi connectivity index (χ3v) is 5.00. The molecule has 0 aliphatic carbocycles. The number of ketones is 1. The molecule has 0 saturated heterocycles. The van der Waals surface area contributed by atoms with Gasteiger partial charge in [0.05, 0.1) is 0 Å². The second kappa shape index (κ2) is 6.52. The van der Waals surface area contributed by atoms with Gasteiger partial charge in [0.15, 0.2) is 11.4 Å². The molecule has 8 heteroatoms. The van der Waals surface area contributed by atoms with Crippen LogP contribution in [0.4, 0.5) is 13.2 Å². The monoisotopic (exact) mass is 310 g/mol. The van der Waals surface area contributed by atoms with Crippen LogP contribution in [0.3, 0.4) is 0 Å². The molecule has 0 aliphatic heterocycles. The van der Waals surface area contributed by atoms with Crippen molar-refractivity contribution in [2.75, 3.05) is 14.2 Å². The summed E-state index contributed by atoms with van der Waals surface area (Å²) in [7, 11) is -2.72. The van der Waals surface area contributed by atoms with E-state index in [0.29, 0.717) is 0 Å². The van der Waals surface area contributed by atoms with E-state index in [1.165, 1.54) is 24.3 Å². The van der Waals surface area contributed by atoms with E-state index in [9.17, 15) is 22.5 Å². The summed E-state index contributed by atoms with van der Waals surface area (Å²) in [4.78, 5) is 11.8. The van der Waals surface area contributed by atoms with Crippen molar-refractivity contribution >= 4 is 13.4 Å². The van der Waals surface area contributed by atoms with Crippen molar-refractivity contribution in [2.45, 2.75) is 18.3 Å². The topological polar surface area (TPSA) is 52.6 Å². The number of halogens is 3. The Morgan fingerprint density at radius 3 is 2.10 bits per heavy atom. The van der Waals surface area contributed by atoms with Gasteiger partial charge in [-0.3, -0.25) is 9.36 Å². The summed E-state index contributed by atoms with van der Waals surface area (Å²) in [6, 6.07) is 7.47. The molecule has 0 bridgehead atoms. The predicted octanol–water partition coefficient (Wildman–Crippen LogP) is 3.68. The number of alkyl halides is 3. The quantitative estimate of drug-likeness (QED) is 0.594. The number of rotatable bonds is 6. The smallest absolute Gasteiger partial charge is 0.312 e. The van der Waals surface area contributed by atoms with E-state index < -0.39 is 31.6 Å². The Labute approximate surface area is 114 Å². The molecule has 1 unspecified atom stereocenters. The minimum atomic E-state index is -4.87. The molecule has 0 aliphatic rings. The minimum Gasteiger partial charge on any atom is -0.312 e. The first-order valence-electron chi connectivity index (χ1n) is 5.60. The van der Waals surface area contributed by atoms with Crippen molar-refractivity contribution < 1.29 is 31.6 Å². The van der Waals surface area contributed by atoms with Crippen molar-refractivity contribution in [3.8, 4) is 0 Å². The maximum Gasteiger partial charge on any atom is 0.403 e. The lowest BCUT2D eigenvalue weighted by molar-refractivity contribution is -0.134. The lowest BCUT2D eigenvalue weighted by Crippen LogP contribution is -2.32. The molecule has 1 atom stereocenters. The zero-order valence-corrected chi connectivity index (χ0v) is 11.8. The maximum atomic E-state index is 13.0. The zero-order valence-electron chi connectivity index (χ0n) is 10.9. The molecule has 0 fully saturated rings. The number of carbonyl (C=O) groups is 1. The van der Waals surface area contributed by atoms with Gasteiger partial charge >= 0.3 is 13.8 Å². The standard InChI is InChI=1S/C12H14F3O4P/c1-18-20(17,19-2)11(12(13,14)15)8-10(16)9-6-4-3-5-7-9/h3-7,11H,8H2,1-2H3. The molecular formula is C12H14F3O4P. The Morgan fingerprint density at radius 1 is 1.20 bits per heavy atom. The molecular weight excluding hydrogens is 296 g/mol. The van der Waals surface area contributed by atoms with Crippen LogP contribution in [0.2, 0.25) is 0 Å². The summed E-state index contributed by atoms with van der Waals surface area (Å²) in [5.41, 5.74) is -2.38. The van der Waals surface area contributed by atoms with Crippen LogP contribution in [-0.2, 0) is 13.6 Å². The molecule has 4 nitrogen and oxygen atoms in total. The summed E-state index contributed by atoms with van der Waals surface area (Å²) < 4.78 is 59.6. The fraction of sp³-hybridized carbons (Fsp3) is 0.417. The van der Waals surface area contributed by atoms with E-state index in [4.69, 9.17) is 0 Å². The van der Waals surface area contributed by atoms with Crippen LogP contribution in [0, 0.1) is 0 Å². The molecule has 0 N–H and O–H groups in total. The van der Waals surface area contributed by atoms with Crippen LogP contribution in [0.15, 0.2) is 30.3 Å². The summed E-state index contributed by atoms with van der Waals surface area (Å²) in [6.07, 6.45) is -5.86. The molecule has 0 amide bonds. The van der Waals surface area contributed by atoms with Crippen LogP contribution in [0.1, 0.15) is 16.8 Å². The fourth-order valence-electron chi connectivity index (χ4n) is 1.65. The third kappa shape index (κ3) is 3.91. The van der Waals surface area contributed by atoms with Crippen LogP contribution < -0.4 is 0 Å². The fourth-order valence-corrected chi connectivity index (χ4v) is 3.06. The zero-order chi connectivity index (χ0) is 15.4. The number of carbonyl (C=O) groups excluding carboxylic acids is 1.